The summed E-state index contributed by atoms with van der Waals surface area (Å²) in [6, 6.07) is 11.3. The van der Waals surface area contributed by atoms with Crippen molar-refractivity contribution >= 4 is 23.3 Å². The summed E-state index contributed by atoms with van der Waals surface area (Å²) in [5, 5.41) is 2.94. The second-order valence-electron chi connectivity index (χ2n) is 7.04. The fourth-order valence-electron chi connectivity index (χ4n) is 3.59. The van der Waals surface area contributed by atoms with E-state index in [-0.39, 0.29) is 24.8 Å². The molecule has 0 radical (unpaired) electrons. The Morgan fingerprint density at radius 2 is 2.00 bits per heavy atom. The predicted octanol–water partition coefficient (Wildman–Crippen LogP) is 2.11. The number of hydrogen-bond donors (Lipinski definition) is 1. The summed E-state index contributed by atoms with van der Waals surface area (Å²) in [6.07, 6.45) is 4.43. The van der Waals surface area contributed by atoms with Gasteiger partial charge in [0.2, 0.25) is 5.91 Å². The number of nitrogens with zero attached hydrogens (tertiary/aromatic N) is 3. The molecule has 2 aliphatic heterocycles. The third-order valence-corrected chi connectivity index (χ3v) is 5.10. The molecule has 7 heteroatoms. The first-order valence-electron chi connectivity index (χ1n) is 9.69. The van der Waals surface area contributed by atoms with E-state index in [0.29, 0.717) is 18.8 Å². The number of para-hydroxylation sites is 2. The molecule has 1 N–H and O–H groups in total. The van der Waals surface area contributed by atoms with Crippen molar-refractivity contribution in [1.82, 2.24) is 10.3 Å². The van der Waals surface area contributed by atoms with Gasteiger partial charge in [0.1, 0.15) is 11.6 Å². The largest absolute Gasteiger partial charge is 0.482 e. The van der Waals surface area contributed by atoms with Crippen LogP contribution in [0.1, 0.15) is 24.8 Å². The van der Waals surface area contributed by atoms with Gasteiger partial charge in [-0.15, -0.1) is 0 Å². The number of anilines is 2. The van der Waals surface area contributed by atoms with Gasteiger partial charge in [-0.3, -0.25) is 9.59 Å². The van der Waals surface area contributed by atoms with Gasteiger partial charge in [0.15, 0.2) is 6.61 Å². The second-order valence-corrected chi connectivity index (χ2v) is 7.04. The highest BCUT2D eigenvalue weighted by atomic mass is 16.5. The maximum absolute atomic E-state index is 12.3. The van der Waals surface area contributed by atoms with Gasteiger partial charge >= 0.3 is 0 Å². The lowest BCUT2D eigenvalue weighted by atomic mass is 10.2. The molecule has 1 fully saturated rings. The Kier molecular flexibility index (Phi) is 5.41. The van der Waals surface area contributed by atoms with Crippen LogP contribution < -0.4 is 19.9 Å². The van der Waals surface area contributed by atoms with Gasteiger partial charge in [-0.25, -0.2) is 4.98 Å². The second kappa shape index (κ2) is 8.29. The lowest BCUT2D eigenvalue weighted by Gasteiger charge is -2.29. The van der Waals surface area contributed by atoms with Crippen LogP contribution in [0, 0.1) is 0 Å². The summed E-state index contributed by atoms with van der Waals surface area (Å²) in [4.78, 5) is 32.8. The summed E-state index contributed by atoms with van der Waals surface area (Å²) in [5.74, 6) is 1.43. The number of amides is 2. The molecule has 0 spiro atoms. The maximum Gasteiger partial charge on any atom is 0.265 e. The van der Waals surface area contributed by atoms with Crippen molar-refractivity contribution in [3.63, 3.8) is 0 Å². The molecule has 4 rings (SSSR count). The topological polar surface area (TPSA) is 74.8 Å². The summed E-state index contributed by atoms with van der Waals surface area (Å²) in [6.45, 7) is 2.88. The summed E-state index contributed by atoms with van der Waals surface area (Å²) in [5.41, 5.74) is 1.74. The van der Waals surface area contributed by atoms with Crippen molar-refractivity contribution in [2.75, 3.05) is 36.0 Å². The Balaban J connectivity index is 1.31. The zero-order valence-electron chi connectivity index (χ0n) is 15.8. The molecule has 1 aromatic carbocycles. The van der Waals surface area contributed by atoms with Crippen LogP contribution in [-0.2, 0) is 16.1 Å². The average Bonchev–Trinajstić information content (AvgIpc) is 3.27. The van der Waals surface area contributed by atoms with Crippen LogP contribution in [0.3, 0.4) is 0 Å². The number of aromatic nitrogens is 1. The standard InChI is InChI=1S/C21H24N4O3/c26-20(8-12-25-17-5-1-2-6-18(17)28-15-21(25)27)23-14-16-7-9-22-19(13-16)24-10-3-4-11-24/h1-2,5-7,9,13H,3-4,8,10-12,14-15H2,(H,23,26). The molecule has 0 unspecified atom stereocenters. The van der Waals surface area contributed by atoms with Crippen molar-refractivity contribution in [2.45, 2.75) is 25.8 Å². The summed E-state index contributed by atoms with van der Waals surface area (Å²) >= 11 is 0. The fourth-order valence-corrected chi connectivity index (χ4v) is 3.59. The van der Waals surface area contributed by atoms with Crippen LogP contribution >= 0.6 is 0 Å². The smallest absolute Gasteiger partial charge is 0.265 e. The van der Waals surface area contributed by atoms with Crippen LogP contribution in [0.15, 0.2) is 42.6 Å². The molecule has 0 atom stereocenters. The molecule has 2 aliphatic rings. The summed E-state index contributed by atoms with van der Waals surface area (Å²) in [7, 11) is 0. The van der Waals surface area contributed by atoms with Gasteiger partial charge < -0.3 is 19.9 Å². The quantitative estimate of drug-likeness (QED) is 0.831. The number of pyridine rings is 1. The predicted molar refractivity (Wildman–Crippen MR) is 106 cm³/mol. The Morgan fingerprint density at radius 3 is 2.86 bits per heavy atom. The number of fused-ring (bicyclic) bond motifs is 1. The van der Waals surface area contributed by atoms with Crippen LogP contribution in [0.2, 0.25) is 0 Å². The molecule has 28 heavy (non-hydrogen) atoms. The lowest BCUT2D eigenvalue weighted by Crippen LogP contribution is -2.41. The van der Waals surface area contributed by atoms with Crippen molar-refractivity contribution in [3.8, 4) is 5.75 Å². The minimum absolute atomic E-state index is 0.00885. The normalized spacial score (nSPS) is 15.9. The number of carbonyl (C=O) groups excluding carboxylic acids is 2. The van der Waals surface area contributed by atoms with E-state index in [1.54, 1.807) is 11.1 Å². The first kappa shape index (κ1) is 18.3. The van der Waals surface area contributed by atoms with Crippen molar-refractivity contribution in [2.24, 2.45) is 0 Å². The highest BCUT2D eigenvalue weighted by molar-refractivity contribution is 5.98. The van der Waals surface area contributed by atoms with E-state index in [4.69, 9.17) is 4.74 Å². The molecule has 0 bridgehead atoms. The Bertz CT molecular complexity index is 864. The van der Waals surface area contributed by atoms with Gasteiger partial charge in [-0.1, -0.05) is 12.1 Å². The highest BCUT2D eigenvalue weighted by Crippen LogP contribution is 2.31. The van der Waals surface area contributed by atoms with Gasteiger partial charge in [0.05, 0.1) is 5.69 Å². The molecule has 146 valence electrons. The van der Waals surface area contributed by atoms with Gasteiger partial charge in [0.25, 0.3) is 5.91 Å². The molecule has 0 saturated carbocycles. The molecule has 1 aromatic heterocycles. The molecule has 1 saturated heterocycles. The number of hydrogen-bond acceptors (Lipinski definition) is 5. The number of benzene rings is 1. The van der Waals surface area contributed by atoms with Gasteiger partial charge in [0, 0.05) is 38.8 Å². The molecule has 3 heterocycles. The van der Waals surface area contributed by atoms with Crippen molar-refractivity contribution in [3.05, 3.63) is 48.2 Å². The third kappa shape index (κ3) is 4.08. The van der Waals surface area contributed by atoms with Gasteiger partial charge in [-0.05, 0) is 42.7 Å². The third-order valence-electron chi connectivity index (χ3n) is 5.10. The Morgan fingerprint density at radius 1 is 1.18 bits per heavy atom. The molecular weight excluding hydrogens is 356 g/mol. The summed E-state index contributed by atoms with van der Waals surface area (Å²) < 4.78 is 5.43. The van der Waals surface area contributed by atoms with E-state index < -0.39 is 0 Å². The minimum atomic E-state index is -0.129. The van der Waals surface area contributed by atoms with Crippen LogP contribution in [0.5, 0.6) is 5.75 Å². The minimum Gasteiger partial charge on any atom is -0.482 e. The van der Waals surface area contributed by atoms with E-state index in [2.05, 4.69) is 15.2 Å². The van der Waals surface area contributed by atoms with Crippen molar-refractivity contribution in [1.29, 1.82) is 0 Å². The lowest BCUT2D eigenvalue weighted by molar-refractivity contribution is -0.122. The first-order valence-corrected chi connectivity index (χ1v) is 9.69. The zero-order valence-corrected chi connectivity index (χ0v) is 15.8. The molecular formula is C21H24N4O3. The molecule has 2 aromatic rings. The fraction of sp³-hybridized carbons (Fsp3) is 0.381. The van der Waals surface area contributed by atoms with E-state index in [9.17, 15) is 9.59 Å². The van der Waals surface area contributed by atoms with Crippen LogP contribution in [0.4, 0.5) is 11.5 Å². The van der Waals surface area contributed by atoms with Crippen LogP contribution in [-0.4, -0.2) is 43.0 Å². The maximum atomic E-state index is 12.3. The van der Waals surface area contributed by atoms with E-state index >= 15 is 0 Å². The number of ether oxygens (including phenoxy) is 1. The molecule has 2 amide bonds. The number of carbonyl (C=O) groups is 2. The number of nitrogens with one attached hydrogen (secondary N) is 1. The van der Waals surface area contributed by atoms with E-state index in [0.717, 1.165) is 30.2 Å². The zero-order chi connectivity index (χ0) is 19.3. The monoisotopic (exact) mass is 380 g/mol. The number of rotatable bonds is 6. The highest BCUT2D eigenvalue weighted by Gasteiger charge is 2.25. The van der Waals surface area contributed by atoms with Crippen LogP contribution in [0.25, 0.3) is 0 Å². The Labute approximate surface area is 164 Å². The molecule has 0 aliphatic carbocycles. The van der Waals surface area contributed by atoms with E-state index in [1.165, 1.54) is 12.8 Å². The average molecular weight is 380 g/mol. The first-order chi connectivity index (χ1) is 13.7. The van der Waals surface area contributed by atoms with E-state index in [1.807, 2.05) is 36.4 Å². The van der Waals surface area contributed by atoms with Crippen molar-refractivity contribution < 1.29 is 14.3 Å². The SMILES string of the molecule is O=C(CCN1C(=O)COc2ccccc21)NCc1ccnc(N2CCCC2)c1. The Hall–Kier alpha value is -3.09. The molecule has 7 nitrogen and oxygen atoms in total. The van der Waals surface area contributed by atoms with Gasteiger partial charge in [-0.2, -0.15) is 0 Å².